The van der Waals surface area contributed by atoms with Crippen LogP contribution in [0.5, 0.6) is 11.5 Å². The quantitative estimate of drug-likeness (QED) is 0.853. The molecule has 1 aliphatic rings. The van der Waals surface area contributed by atoms with Crippen molar-refractivity contribution in [2.45, 2.75) is 13.8 Å². The minimum absolute atomic E-state index is 0.0386. The summed E-state index contributed by atoms with van der Waals surface area (Å²) in [6, 6.07) is 3.66. The highest BCUT2D eigenvalue weighted by Crippen LogP contribution is 2.38. The minimum atomic E-state index is 0.0386. The fourth-order valence-corrected chi connectivity index (χ4v) is 2.86. The predicted octanol–water partition coefficient (Wildman–Crippen LogP) is 2.66. The first-order chi connectivity index (χ1) is 10.5. The lowest BCUT2D eigenvalue weighted by atomic mass is 10.1. The lowest BCUT2D eigenvalue weighted by Crippen LogP contribution is -2.50. The number of carbonyl (C=O) groups is 1. The Labute approximate surface area is 136 Å². The SMILES string of the molecule is COc1cc(N2CCN(C(=O)C(C)C)CC2)c(OC)cc1Cl. The van der Waals surface area contributed by atoms with Crippen LogP contribution >= 0.6 is 11.6 Å². The molecule has 0 bridgehead atoms. The van der Waals surface area contributed by atoms with E-state index in [4.69, 9.17) is 21.1 Å². The maximum atomic E-state index is 12.1. The molecule has 122 valence electrons. The van der Waals surface area contributed by atoms with Gasteiger partial charge in [-0.25, -0.2) is 0 Å². The molecule has 0 saturated carbocycles. The number of hydrogen-bond acceptors (Lipinski definition) is 4. The van der Waals surface area contributed by atoms with Gasteiger partial charge in [-0.3, -0.25) is 4.79 Å². The van der Waals surface area contributed by atoms with Gasteiger partial charge in [0.15, 0.2) is 0 Å². The lowest BCUT2D eigenvalue weighted by molar-refractivity contribution is -0.134. The van der Waals surface area contributed by atoms with Gasteiger partial charge in [-0.15, -0.1) is 0 Å². The van der Waals surface area contributed by atoms with E-state index in [1.54, 1.807) is 20.3 Å². The number of amides is 1. The summed E-state index contributed by atoms with van der Waals surface area (Å²) in [5.41, 5.74) is 0.945. The van der Waals surface area contributed by atoms with Gasteiger partial charge in [-0.05, 0) is 0 Å². The second kappa shape index (κ2) is 7.09. The molecule has 1 fully saturated rings. The van der Waals surface area contributed by atoms with Gasteiger partial charge < -0.3 is 19.3 Å². The molecule has 22 heavy (non-hydrogen) atoms. The Morgan fingerprint density at radius 3 is 2.18 bits per heavy atom. The number of hydrogen-bond donors (Lipinski definition) is 0. The molecule has 1 heterocycles. The second-order valence-corrected chi connectivity index (χ2v) is 6.03. The predicted molar refractivity (Wildman–Crippen MR) is 88.2 cm³/mol. The molecule has 0 atom stereocenters. The van der Waals surface area contributed by atoms with Gasteiger partial charge in [0.2, 0.25) is 5.91 Å². The van der Waals surface area contributed by atoms with Gasteiger partial charge in [0, 0.05) is 44.2 Å². The molecule has 1 aromatic carbocycles. The molecule has 5 nitrogen and oxygen atoms in total. The topological polar surface area (TPSA) is 42.0 Å². The van der Waals surface area contributed by atoms with Crippen molar-refractivity contribution < 1.29 is 14.3 Å². The molecule has 1 aromatic rings. The first kappa shape index (κ1) is 16.7. The van der Waals surface area contributed by atoms with E-state index in [0.29, 0.717) is 23.9 Å². The molecule has 0 radical (unpaired) electrons. The molecule has 1 aliphatic heterocycles. The van der Waals surface area contributed by atoms with Crippen molar-refractivity contribution in [1.82, 2.24) is 4.90 Å². The summed E-state index contributed by atoms with van der Waals surface area (Å²) in [5, 5.41) is 0.525. The van der Waals surface area contributed by atoms with Gasteiger partial charge >= 0.3 is 0 Å². The summed E-state index contributed by atoms with van der Waals surface area (Å²) in [5.74, 6) is 1.59. The first-order valence-corrected chi connectivity index (χ1v) is 7.81. The third-order valence-corrected chi connectivity index (χ3v) is 4.17. The minimum Gasteiger partial charge on any atom is -0.495 e. The van der Waals surface area contributed by atoms with Crippen molar-refractivity contribution in [3.8, 4) is 11.5 Å². The van der Waals surface area contributed by atoms with Crippen molar-refractivity contribution in [3.05, 3.63) is 17.2 Å². The van der Waals surface area contributed by atoms with Gasteiger partial charge in [0.25, 0.3) is 0 Å². The van der Waals surface area contributed by atoms with E-state index in [9.17, 15) is 4.79 Å². The average molecular weight is 327 g/mol. The molecule has 1 saturated heterocycles. The molecule has 1 amide bonds. The molecule has 0 aromatic heterocycles. The van der Waals surface area contributed by atoms with E-state index in [2.05, 4.69) is 4.90 Å². The third kappa shape index (κ3) is 3.40. The van der Waals surface area contributed by atoms with Gasteiger partial charge in [0.05, 0.1) is 24.9 Å². The van der Waals surface area contributed by atoms with E-state index >= 15 is 0 Å². The van der Waals surface area contributed by atoms with Gasteiger partial charge in [-0.1, -0.05) is 25.4 Å². The Bertz CT molecular complexity index is 540. The highest BCUT2D eigenvalue weighted by molar-refractivity contribution is 6.32. The van der Waals surface area contributed by atoms with Crippen LogP contribution in [-0.2, 0) is 4.79 Å². The highest BCUT2D eigenvalue weighted by Gasteiger charge is 2.25. The second-order valence-electron chi connectivity index (χ2n) is 5.63. The lowest BCUT2D eigenvalue weighted by Gasteiger charge is -2.37. The Kier molecular flexibility index (Phi) is 5.40. The zero-order valence-electron chi connectivity index (χ0n) is 13.6. The molecule has 6 heteroatoms. The number of ether oxygens (including phenoxy) is 2. The fourth-order valence-electron chi connectivity index (χ4n) is 2.62. The third-order valence-electron chi connectivity index (χ3n) is 3.88. The summed E-state index contributed by atoms with van der Waals surface area (Å²) >= 11 is 6.14. The average Bonchev–Trinajstić information content (AvgIpc) is 2.53. The maximum Gasteiger partial charge on any atom is 0.225 e. The van der Waals surface area contributed by atoms with Gasteiger partial charge in [0.1, 0.15) is 11.5 Å². The summed E-state index contributed by atoms with van der Waals surface area (Å²) in [7, 11) is 3.22. The van der Waals surface area contributed by atoms with Crippen LogP contribution in [0.4, 0.5) is 5.69 Å². The number of anilines is 1. The van der Waals surface area contributed by atoms with Gasteiger partial charge in [-0.2, -0.15) is 0 Å². The first-order valence-electron chi connectivity index (χ1n) is 7.43. The van der Waals surface area contributed by atoms with Crippen molar-refractivity contribution in [2.75, 3.05) is 45.3 Å². The zero-order valence-corrected chi connectivity index (χ0v) is 14.3. The van der Waals surface area contributed by atoms with Crippen LogP contribution in [0.25, 0.3) is 0 Å². The van der Waals surface area contributed by atoms with Crippen LogP contribution in [0.2, 0.25) is 5.02 Å². The van der Waals surface area contributed by atoms with Crippen LogP contribution in [0.15, 0.2) is 12.1 Å². The largest absolute Gasteiger partial charge is 0.495 e. The van der Waals surface area contributed by atoms with Crippen LogP contribution in [0, 0.1) is 5.92 Å². The molecule has 2 rings (SSSR count). The zero-order chi connectivity index (χ0) is 16.3. The Morgan fingerprint density at radius 2 is 1.68 bits per heavy atom. The van der Waals surface area contributed by atoms with E-state index in [1.165, 1.54) is 0 Å². The number of benzene rings is 1. The van der Waals surface area contributed by atoms with Crippen molar-refractivity contribution in [1.29, 1.82) is 0 Å². The van der Waals surface area contributed by atoms with Crippen LogP contribution in [-0.4, -0.2) is 51.2 Å². The normalized spacial score (nSPS) is 15.2. The summed E-state index contributed by atoms with van der Waals surface area (Å²) < 4.78 is 10.7. The van der Waals surface area contributed by atoms with Crippen molar-refractivity contribution >= 4 is 23.2 Å². The number of rotatable bonds is 4. The smallest absolute Gasteiger partial charge is 0.225 e. The molecule has 0 N–H and O–H groups in total. The summed E-state index contributed by atoms with van der Waals surface area (Å²) in [6.07, 6.45) is 0. The number of carbonyl (C=O) groups excluding carboxylic acids is 1. The Balaban J connectivity index is 2.15. The van der Waals surface area contributed by atoms with E-state index < -0.39 is 0 Å². The standard InChI is InChI=1S/C16H23ClN2O3/c1-11(2)16(20)19-7-5-18(6-8-19)13-10-14(21-3)12(17)9-15(13)22-4/h9-11H,5-8H2,1-4H3. The number of piperazine rings is 1. The molecule has 0 unspecified atom stereocenters. The molecular weight excluding hydrogens is 304 g/mol. The molecular formula is C16H23ClN2O3. The highest BCUT2D eigenvalue weighted by atomic mass is 35.5. The Hall–Kier alpha value is -1.62. The van der Waals surface area contributed by atoms with Crippen LogP contribution in [0.1, 0.15) is 13.8 Å². The van der Waals surface area contributed by atoms with E-state index in [-0.39, 0.29) is 11.8 Å². The maximum absolute atomic E-state index is 12.1. The van der Waals surface area contributed by atoms with Crippen molar-refractivity contribution in [2.24, 2.45) is 5.92 Å². The molecule has 0 aliphatic carbocycles. The number of nitrogens with zero attached hydrogens (tertiary/aromatic N) is 2. The fraction of sp³-hybridized carbons (Fsp3) is 0.562. The molecule has 0 spiro atoms. The number of methoxy groups -OCH3 is 2. The van der Waals surface area contributed by atoms with E-state index in [1.807, 2.05) is 24.8 Å². The summed E-state index contributed by atoms with van der Waals surface area (Å²) in [6.45, 7) is 6.82. The summed E-state index contributed by atoms with van der Waals surface area (Å²) in [4.78, 5) is 16.2. The number of halogens is 1. The van der Waals surface area contributed by atoms with Crippen LogP contribution < -0.4 is 14.4 Å². The van der Waals surface area contributed by atoms with Crippen molar-refractivity contribution in [3.63, 3.8) is 0 Å². The Morgan fingerprint density at radius 1 is 1.09 bits per heavy atom. The monoisotopic (exact) mass is 326 g/mol. The van der Waals surface area contributed by atoms with Crippen LogP contribution in [0.3, 0.4) is 0 Å². The van der Waals surface area contributed by atoms with E-state index in [0.717, 1.165) is 24.5 Å².